The van der Waals surface area contributed by atoms with Crippen molar-refractivity contribution >= 4 is 5.82 Å². The molecule has 1 aliphatic carbocycles. The highest BCUT2D eigenvalue weighted by molar-refractivity contribution is 5.42. The predicted molar refractivity (Wildman–Crippen MR) is 103 cm³/mol. The largest absolute Gasteiger partial charge is 0.424 e. The monoisotopic (exact) mass is 384 g/mol. The van der Waals surface area contributed by atoms with Crippen molar-refractivity contribution in [3.05, 3.63) is 29.4 Å². The molecule has 0 bridgehead atoms. The van der Waals surface area contributed by atoms with Gasteiger partial charge in [-0.2, -0.15) is 0 Å². The lowest BCUT2D eigenvalue weighted by molar-refractivity contribution is 0.0844. The smallest absolute Gasteiger partial charge is 0.230 e. The minimum Gasteiger partial charge on any atom is -0.424 e. The van der Waals surface area contributed by atoms with Crippen molar-refractivity contribution in [1.29, 1.82) is 0 Å². The third-order valence-corrected chi connectivity index (χ3v) is 5.95. The van der Waals surface area contributed by atoms with Gasteiger partial charge in [-0.3, -0.25) is 4.90 Å². The number of anilines is 1. The van der Waals surface area contributed by atoms with E-state index in [1.807, 2.05) is 6.92 Å². The fourth-order valence-electron chi connectivity index (χ4n) is 4.09. The first-order valence-electron chi connectivity index (χ1n) is 10.5. The standard InChI is InChI=1S/C20H28N6O2/c1-14-23-24-19(28-14)13-25-6-8-26(9-7-25)18-12-17(15-4-10-27-11-5-15)21-20(22-18)16-2-3-16/h12,15-16H,2-11,13H2,1H3. The number of hydrogen-bond donors (Lipinski definition) is 0. The lowest BCUT2D eigenvalue weighted by Crippen LogP contribution is -2.46. The molecule has 8 heteroatoms. The molecule has 0 unspecified atom stereocenters. The van der Waals surface area contributed by atoms with Crippen molar-refractivity contribution in [2.75, 3.05) is 44.3 Å². The molecule has 4 heterocycles. The van der Waals surface area contributed by atoms with Crippen LogP contribution < -0.4 is 4.90 Å². The Hall–Kier alpha value is -2.06. The summed E-state index contributed by atoms with van der Waals surface area (Å²) in [6, 6.07) is 2.24. The maximum atomic E-state index is 5.54. The molecule has 0 atom stereocenters. The highest BCUT2D eigenvalue weighted by Crippen LogP contribution is 2.40. The Labute approximate surface area is 165 Å². The second kappa shape index (κ2) is 7.75. The van der Waals surface area contributed by atoms with Gasteiger partial charge in [-0.05, 0) is 25.7 Å². The van der Waals surface area contributed by atoms with Gasteiger partial charge in [0.2, 0.25) is 11.8 Å². The van der Waals surface area contributed by atoms with E-state index >= 15 is 0 Å². The summed E-state index contributed by atoms with van der Waals surface area (Å²) in [7, 11) is 0. The summed E-state index contributed by atoms with van der Waals surface area (Å²) in [5.41, 5.74) is 1.22. The maximum absolute atomic E-state index is 5.54. The Balaban J connectivity index is 1.28. The molecule has 0 radical (unpaired) electrons. The van der Waals surface area contributed by atoms with E-state index < -0.39 is 0 Å². The summed E-state index contributed by atoms with van der Waals surface area (Å²) in [6.45, 7) is 8.10. The average Bonchev–Trinajstić information content (AvgIpc) is 3.51. The number of rotatable bonds is 5. The van der Waals surface area contributed by atoms with Crippen molar-refractivity contribution in [2.24, 2.45) is 0 Å². The Morgan fingerprint density at radius 1 is 0.964 bits per heavy atom. The van der Waals surface area contributed by atoms with E-state index in [1.54, 1.807) is 0 Å². The quantitative estimate of drug-likeness (QED) is 0.777. The fraction of sp³-hybridized carbons (Fsp3) is 0.700. The molecular formula is C20H28N6O2. The molecule has 0 spiro atoms. The molecule has 2 aromatic rings. The summed E-state index contributed by atoms with van der Waals surface area (Å²) in [5.74, 6) is 4.57. The van der Waals surface area contributed by atoms with Crippen LogP contribution in [-0.4, -0.2) is 64.5 Å². The molecule has 0 amide bonds. The van der Waals surface area contributed by atoms with Gasteiger partial charge in [0, 0.05) is 69.9 Å². The SMILES string of the molecule is Cc1nnc(CN2CCN(c3cc(C4CCOCC4)nc(C4CC4)n3)CC2)o1. The highest BCUT2D eigenvalue weighted by atomic mass is 16.5. The molecule has 2 aromatic heterocycles. The van der Waals surface area contributed by atoms with Gasteiger partial charge in [-0.25, -0.2) is 9.97 Å². The van der Waals surface area contributed by atoms with E-state index in [9.17, 15) is 0 Å². The van der Waals surface area contributed by atoms with Crippen molar-refractivity contribution in [2.45, 2.75) is 51.0 Å². The number of aryl methyl sites for hydroxylation is 1. The predicted octanol–water partition coefficient (Wildman–Crippen LogP) is 2.26. The van der Waals surface area contributed by atoms with E-state index in [0.29, 0.717) is 23.6 Å². The van der Waals surface area contributed by atoms with Crippen LogP contribution in [0.15, 0.2) is 10.5 Å². The van der Waals surface area contributed by atoms with Gasteiger partial charge >= 0.3 is 0 Å². The highest BCUT2D eigenvalue weighted by Gasteiger charge is 2.30. The van der Waals surface area contributed by atoms with Crippen molar-refractivity contribution in [3.8, 4) is 0 Å². The molecule has 28 heavy (non-hydrogen) atoms. The number of hydrogen-bond acceptors (Lipinski definition) is 8. The van der Waals surface area contributed by atoms with Crippen molar-refractivity contribution < 1.29 is 9.15 Å². The van der Waals surface area contributed by atoms with Crippen LogP contribution in [0.2, 0.25) is 0 Å². The number of nitrogens with zero attached hydrogens (tertiary/aromatic N) is 6. The molecule has 3 aliphatic rings. The summed E-state index contributed by atoms with van der Waals surface area (Å²) >= 11 is 0. The van der Waals surface area contributed by atoms with Crippen LogP contribution in [-0.2, 0) is 11.3 Å². The zero-order valence-corrected chi connectivity index (χ0v) is 16.5. The Morgan fingerprint density at radius 2 is 1.75 bits per heavy atom. The lowest BCUT2D eigenvalue weighted by atomic mass is 9.96. The van der Waals surface area contributed by atoms with Gasteiger partial charge in [0.25, 0.3) is 0 Å². The van der Waals surface area contributed by atoms with E-state index in [2.05, 4.69) is 26.1 Å². The topological polar surface area (TPSA) is 80.4 Å². The van der Waals surface area contributed by atoms with Gasteiger partial charge in [0.15, 0.2) is 0 Å². The number of ether oxygens (including phenoxy) is 1. The Bertz CT molecular complexity index is 807. The second-order valence-corrected chi connectivity index (χ2v) is 8.15. The minimum absolute atomic E-state index is 0.509. The van der Waals surface area contributed by atoms with Gasteiger partial charge < -0.3 is 14.1 Å². The molecule has 3 fully saturated rings. The summed E-state index contributed by atoms with van der Waals surface area (Å²) in [4.78, 5) is 14.7. The van der Waals surface area contributed by atoms with E-state index in [4.69, 9.17) is 19.1 Å². The second-order valence-electron chi connectivity index (χ2n) is 8.15. The lowest BCUT2D eigenvalue weighted by Gasteiger charge is -2.35. The summed E-state index contributed by atoms with van der Waals surface area (Å²) < 4.78 is 11.1. The molecule has 0 N–H and O–H groups in total. The van der Waals surface area contributed by atoms with E-state index in [-0.39, 0.29) is 0 Å². The molecule has 0 aromatic carbocycles. The van der Waals surface area contributed by atoms with E-state index in [1.165, 1.54) is 18.5 Å². The van der Waals surface area contributed by atoms with Crippen LogP contribution in [0.25, 0.3) is 0 Å². The van der Waals surface area contributed by atoms with E-state index in [0.717, 1.165) is 70.4 Å². The third-order valence-electron chi connectivity index (χ3n) is 5.95. The van der Waals surface area contributed by atoms with Crippen LogP contribution in [0.5, 0.6) is 0 Å². The van der Waals surface area contributed by atoms with Crippen molar-refractivity contribution in [1.82, 2.24) is 25.1 Å². The summed E-state index contributed by atoms with van der Waals surface area (Å²) in [5, 5.41) is 8.04. The zero-order valence-electron chi connectivity index (χ0n) is 16.5. The van der Waals surface area contributed by atoms with Crippen LogP contribution >= 0.6 is 0 Å². The van der Waals surface area contributed by atoms with Crippen LogP contribution in [0.1, 0.15) is 60.8 Å². The fourth-order valence-corrected chi connectivity index (χ4v) is 4.09. The first-order chi connectivity index (χ1) is 13.7. The van der Waals surface area contributed by atoms with Gasteiger partial charge in [-0.1, -0.05) is 0 Å². The van der Waals surface area contributed by atoms with Crippen LogP contribution in [0.3, 0.4) is 0 Å². The Morgan fingerprint density at radius 3 is 2.43 bits per heavy atom. The maximum Gasteiger partial charge on any atom is 0.230 e. The molecule has 1 saturated carbocycles. The van der Waals surface area contributed by atoms with Gasteiger partial charge in [0.1, 0.15) is 11.6 Å². The molecule has 8 nitrogen and oxygen atoms in total. The molecule has 5 rings (SSSR count). The van der Waals surface area contributed by atoms with Gasteiger partial charge in [0.05, 0.1) is 6.54 Å². The first-order valence-corrected chi connectivity index (χ1v) is 10.5. The van der Waals surface area contributed by atoms with Crippen LogP contribution in [0, 0.1) is 6.92 Å². The van der Waals surface area contributed by atoms with Crippen molar-refractivity contribution in [3.63, 3.8) is 0 Å². The Kier molecular flexibility index (Phi) is 4.98. The molecular weight excluding hydrogens is 356 g/mol. The normalized spacial score (nSPS) is 22.0. The third kappa shape index (κ3) is 4.03. The van der Waals surface area contributed by atoms with Crippen LogP contribution in [0.4, 0.5) is 5.82 Å². The molecule has 2 aliphatic heterocycles. The minimum atomic E-state index is 0.509. The number of aromatic nitrogens is 4. The first kappa shape index (κ1) is 18.0. The average molecular weight is 384 g/mol. The molecule has 150 valence electrons. The van der Waals surface area contributed by atoms with Gasteiger partial charge in [-0.15, -0.1) is 10.2 Å². The molecule has 2 saturated heterocycles. The zero-order chi connectivity index (χ0) is 18.9. The number of piperazine rings is 1. The summed E-state index contributed by atoms with van der Waals surface area (Å²) in [6.07, 6.45) is 4.60.